The molecule has 1 aliphatic carbocycles. The van der Waals surface area contributed by atoms with Gasteiger partial charge in [-0.1, -0.05) is 6.42 Å². The zero-order chi connectivity index (χ0) is 13.8. The lowest BCUT2D eigenvalue weighted by Crippen LogP contribution is -2.29. The summed E-state index contributed by atoms with van der Waals surface area (Å²) in [5.74, 6) is 0.357. The molecule has 3 N–H and O–H groups in total. The van der Waals surface area contributed by atoms with Crippen LogP contribution in [0.2, 0.25) is 0 Å². The minimum absolute atomic E-state index is 0.0540. The number of nitriles is 1. The van der Waals surface area contributed by atoms with Gasteiger partial charge in [0.25, 0.3) is 5.69 Å². The molecule has 1 fully saturated rings. The molecule has 2 atom stereocenters. The molecule has 0 aromatic heterocycles. The van der Waals surface area contributed by atoms with E-state index in [1.807, 2.05) is 6.07 Å². The van der Waals surface area contributed by atoms with Gasteiger partial charge >= 0.3 is 0 Å². The van der Waals surface area contributed by atoms with E-state index in [0.717, 1.165) is 19.3 Å². The Kier molecular flexibility index (Phi) is 3.97. The Morgan fingerprint density at radius 3 is 2.95 bits per heavy atom. The van der Waals surface area contributed by atoms with Crippen LogP contribution in [-0.2, 0) is 0 Å². The topological polar surface area (TPSA) is 105 Å². The van der Waals surface area contributed by atoms with Crippen LogP contribution < -0.4 is 11.1 Å². The van der Waals surface area contributed by atoms with Crippen LogP contribution in [0.4, 0.5) is 11.4 Å². The van der Waals surface area contributed by atoms with E-state index in [0.29, 0.717) is 23.7 Å². The molecule has 0 aliphatic heterocycles. The van der Waals surface area contributed by atoms with Crippen molar-refractivity contribution in [1.82, 2.24) is 0 Å². The number of anilines is 1. The molecule has 0 amide bonds. The molecule has 1 aliphatic rings. The maximum atomic E-state index is 11.0. The second-order valence-electron chi connectivity index (χ2n) is 4.78. The molecular weight excluding hydrogens is 244 g/mol. The van der Waals surface area contributed by atoms with Crippen molar-refractivity contribution in [2.45, 2.75) is 25.3 Å². The quantitative estimate of drug-likeness (QED) is 0.636. The third-order valence-corrected chi connectivity index (χ3v) is 3.63. The third kappa shape index (κ3) is 2.83. The van der Waals surface area contributed by atoms with E-state index in [1.54, 1.807) is 12.1 Å². The van der Waals surface area contributed by atoms with Gasteiger partial charge in [0.1, 0.15) is 5.69 Å². The minimum atomic E-state index is -0.463. The molecule has 0 radical (unpaired) electrons. The SMILES string of the molecule is N#Cc1ccc(NC2CCCC2CN)c([N+](=O)[O-])c1. The number of benzene rings is 1. The highest BCUT2D eigenvalue weighted by atomic mass is 16.6. The van der Waals surface area contributed by atoms with Crippen LogP contribution >= 0.6 is 0 Å². The van der Waals surface area contributed by atoms with Crippen molar-refractivity contribution in [3.05, 3.63) is 33.9 Å². The number of nitro groups is 1. The average Bonchev–Trinajstić information content (AvgIpc) is 2.86. The van der Waals surface area contributed by atoms with Crippen LogP contribution in [0.25, 0.3) is 0 Å². The zero-order valence-electron chi connectivity index (χ0n) is 10.5. The Hall–Kier alpha value is -2.13. The summed E-state index contributed by atoms with van der Waals surface area (Å²) in [6.07, 6.45) is 3.11. The number of nitrogens with zero attached hydrogens (tertiary/aromatic N) is 2. The Labute approximate surface area is 111 Å². The fraction of sp³-hybridized carbons (Fsp3) is 0.462. The number of nitro benzene ring substituents is 1. The normalized spacial score (nSPS) is 21.9. The predicted octanol–water partition coefficient (Wildman–Crippen LogP) is 2.01. The van der Waals surface area contributed by atoms with E-state index in [9.17, 15) is 10.1 Å². The summed E-state index contributed by atoms with van der Waals surface area (Å²) in [7, 11) is 0. The number of hydrogen-bond acceptors (Lipinski definition) is 5. The monoisotopic (exact) mass is 260 g/mol. The van der Waals surface area contributed by atoms with Gasteiger partial charge in [0.15, 0.2) is 0 Å². The van der Waals surface area contributed by atoms with Crippen molar-refractivity contribution in [3.8, 4) is 6.07 Å². The third-order valence-electron chi connectivity index (χ3n) is 3.63. The molecule has 0 heterocycles. The molecule has 6 heteroatoms. The largest absolute Gasteiger partial charge is 0.376 e. The van der Waals surface area contributed by atoms with Gasteiger partial charge in [-0.2, -0.15) is 5.26 Å². The highest BCUT2D eigenvalue weighted by Gasteiger charge is 2.27. The molecule has 2 rings (SSSR count). The summed E-state index contributed by atoms with van der Waals surface area (Å²) in [5, 5.41) is 23.0. The number of nitrogens with one attached hydrogen (secondary N) is 1. The van der Waals surface area contributed by atoms with Crippen LogP contribution in [-0.4, -0.2) is 17.5 Å². The summed E-state index contributed by atoms with van der Waals surface area (Å²) in [6.45, 7) is 0.585. The highest BCUT2D eigenvalue weighted by Crippen LogP contribution is 2.32. The number of hydrogen-bond donors (Lipinski definition) is 2. The first-order chi connectivity index (χ1) is 9.15. The lowest BCUT2D eigenvalue weighted by atomic mass is 10.0. The smallest absolute Gasteiger partial charge is 0.293 e. The molecular formula is C13H16N4O2. The van der Waals surface area contributed by atoms with Crippen LogP contribution in [0, 0.1) is 27.4 Å². The maximum Gasteiger partial charge on any atom is 0.293 e. The van der Waals surface area contributed by atoms with Gasteiger partial charge in [-0.25, -0.2) is 0 Å². The maximum absolute atomic E-state index is 11.0. The Bertz CT molecular complexity index is 524. The fourth-order valence-electron chi connectivity index (χ4n) is 2.58. The van der Waals surface area contributed by atoms with Crippen LogP contribution in [0.5, 0.6) is 0 Å². The number of rotatable bonds is 4. The van der Waals surface area contributed by atoms with E-state index in [4.69, 9.17) is 11.0 Å². The molecule has 100 valence electrons. The lowest BCUT2D eigenvalue weighted by molar-refractivity contribution is -0.384. The van der Waals surface area contributed by atoms with E-state index in [1.165, 1.54) is 6.07 Å². The molecule has 2 unspecified atom stereocenters. The Balaban J connectivity index is 2.25. The van der Waals surface area contributed by atoms with Gasteiger partial charge in [0.05, 0.1) is 16.6 Å². The zero-order valence-corrected chi connectivity index (χ0v) is 10.5. The Morgan fingerprint density at radius 2 is 2.32 bits per heavy atom. The van der Waals surface area contributed by atoms with Gasteiger partial charge < -0.3 is 11.1 Å². The highest BCUT2D eigenvalue weighted by molar-refractivity contribution is 5.64. The van der Waals surface area contributed by atoms with Crippen molar-refractivity contribution in [1.29, 1.82) is 5.26 Å². The molecule has 0 spiro atoms. The summed E-state index contributed by atoms with van der Waals surface area (Å²) in [6, 6.07) is 6.57. The molecule has 19 heavy (non-hydrogen) atoms. The van der Waals surface area contributed by atoms with Gasteiger partial charge in [0, 0.05) is 12.1 Å². The first-order valence-corrected chi connectivity index (χ1v) is 6.31. The van der Waals surface area contributed by atoms with Crippen molar-refractivity contribution >= 4 is 11.4 Å². The molecule has 0 bridgehead atoms. The van der Waals surface area contributed by atoms with Crippen molar-refractivity contribution in [2.75, 3.05) is 11.9 Å². The fourth-order valence-corrected chi connectivity index (χ4v) is 2.58. The lowest BCUT2D eigenvalue weighted by Gasteiger charge is -2.20. The van der Waals surface area contributed by atoms with Crippen molar-refractivity contribution < 1.29 is 4.92 Å². The van der Waals surface area contributed by atoms with E-state index in [2.05, 4.69) is 5.32 Å². The van der Waals surface area contributed by atoms with E-state index < -0.39 is 4.92 Å². The van der Waals surface area contributed by atoms with Gasteiger partial charge in [-0.3, -0.25) is 10.1 Å². The van der Waals surface area contributed by atoms with E-state index in [-0.39, 0.29) is 11.7 Å². The van der Waals surface area contributed by atoms with Crippen molar-refractivity contribution in [3.63, 3.8) is 0 Å². The minimum Gasteiger partial charge on any atom is -0.376 e. The van der Waals surface area contributed by atoms with Crippen molar-refractivity contribution in [2.24, 2.45) is 11.7 Å². The average molecular weight is 260 g/mol. The predicted molar refractivity (Wildman–Crippen MR) is 71.6 cm³/mol. The summed E-state index contributed by atoms with van der Waals surface area (Å²) >= 11 is 0. The second kappa shape index (κ2) is 5.67. The van der Waals surface area contributed by atoms with Crippen LogP contribution in [0.1, 0.15) is 24.8 Å². The standard InChI is InChI=1S/C13H16N4O2/c14-7-9-4-5-12(13(6-9)17(18)19)16-11-3-1-2-10(11)8-15/h4-6,10-11,16H,1-3,8,15H2. The summed E-state index contributed by atoms with van der Waals surface area (Å²) in [4.78, 5) is 10.6. The first kappa shape index (κ1) is 13.3. The molecule has 1 aromatic carbocycles. The molecule has 6 nitrogen and oxygen atoms in total. The van der Waals surface area contributed by atoms with Crippen LogP contribution in [0.3, 0.4) is 0 Å². The summed E-state index contributed by atoms with van der Waals surface area (Å²) in [5.41, 5.74) is 6.41. The van der Waals surface area contributed by atoms with Crippen LogP contribution in [0.15, 0.2) is 18.2 Å². The Morgan fingerprint density at radius 1 is 1.53 bits per heavy atom. The molecule has 0 saturated heterocycles. The van der Waals surface area contributed by atoms with E-state index >= 15 is 0 Å². The number of nitrogens with two attached hydrogens (primary N) is 1. The van der Waals surface area contributed by atoms with Gasteiger partial charge in [-0.15, -0.1) is 0 Å². The van der Waals surface area contributed by atoms with Gasteiger partial charge in [0.2, 0.25) is 0 Å². The first-order valence-electron chi connectivity index (χ1n) is 6.31. The summed E-state index contributed by atoms with van der Waals surface area (Å²) < 4.78 is 0. The molecule has 1 aromatic rings. The molecule has 1 saturated carbocycles. The second-order valence-corrected chi connectivity index (χ2v) is 4.78. The van der Waals surface area contributed by atoms with Gasteiger partial charge in [-0.05, 0) is 37.4 Å².